The molecule has 0 aliphatic carbocycles. The van der Waals surface area contributed by atoms with Crippen LogP contribution in [0.15, 0.2) is 47.7 Å². The maximum atomic E-state index is 14.2. The Kier molecular flexibility index (Phi) is 6.85. The summed E-state index contributed by atoms with van der Waals surface area (Å²) in [6.07, 6.45) is -2.28. The van der Waals surface area contributed by atoms with Gasteiger partial charge in [-0.05, 0) is 35.4 Å². The molecule has 2 heterocycles. The summed E-state index contributed by atoms with van der Waals surface area (Å²) in [6, 6.07) is 7.53. The molecule has 7 nitrogen and oxygen atoms in total. The summed E-state index contributed by atoms with van der Waals surface area (Å²) in [4.78, 5) is 9.69. The molecule has 2 aromatic carbocycles. The van der Waals surface area contributed by atoms with Gasteiger partial charge >= 0.3 is 6.18 Å². The van der Waals surface area contributed by atoms with Crippen LogP contribution in [0.3, 0.4) is 0 Å². The molecule has 3 aromatic rings. The molecule has 0 radical (unpaired) electrons. The second kappa shape index (κ2) is 9.82. The molecular formula is C22H18ClF4N5O2. The molecule has 4 rings (SSSR count). The standard InChI is InChI=1S/C22H18ClF4N5O2/c23-17-10-14(13-2-1-3-16(9-13)22(25,26)27)8-15(19(17)33)11-29-31-21-28-12-18(24)20(30-21)32-4-6-34-7-5-32/h1-3,8-12,33H,4-7H2,(H,28,30,31)/b29-11+. The molecule has 0 amide bonds. The highest BCUT2D eigenvalue weighted by atomic mass is 35.5. The average Bonchev–Trinajstić information content (AvgIpc) is 2.83. The number of anilines is 2. The van der Waals surface area contributed by atoms with Crippen molar-refractivity contribution in [3.63, 3.8) is 0 Å². The van der Waals surface area contributed by atoms with Crippen molar-refractivity contribution in [2.75, 3.05) is 36.6 Å². The molecule has 0 saturated carbocycles. The third-order valence-corrected chi connectivity index (χ3v) is 5.31. The normalized spacial score (nSPS) is 14.6. The maximum Gasteiger partial charge on any atom is 0.416 e. The molecule has 34 heavy (non-hydrogen) atoms. The van der Waals surface area contributed by atoms with E-state index in [1.54, 1.807) is 4.90 Å². The Balaban J connectivity index is 1.57. The lowest BCUT2D eigenvalue weighted by atomic mass is 10.0. The number of aromatic hydroxyl groups is 1. The fraction of sp³-hybridized carbons (Fsp3) is 0.227. The SMILES string of the molecule is Oc1c(Cl)cc(-c2cccc(C(F)(F)F)c2)cc1/C=N/Nc1ncc(F)c(N2CCOCC2)n1. The van der Waals surface area contributed by atoms with Crippen molar-refractivity contribution in [1.82, 2.24) is 9.97 Å². The lowest BCUT2D eigenvalue weighted by Gasteiger charge is -2.27. The van der Waals surface area contributed by atoms with E-state index in [0.29, 0.717) is 31.9 Å². The first kappa shape index (κ1) is 23.7. The van der Waals surface area contributed by atoms with Crippen molar-refractivity contribution in [2.24, 2.45) is 5.10 Å². The quantitative estimate of drug-likeness (QED) is 0.296. The summed E-state index contributed by atoms with van der Waals surface area (Å²) in [6.45, 7) is 1.86. The molecule has 0 unspecified atom stereocenters. The van der Waals surface area contributed by atoms with E-state index in [9.17, 15) is 22.7 Å². The number of hydrazone groups is 1. The number of morpholine rings is 1. The molecule has 1 aromatic heterocycles. The zero-order chi connectivity index (χ0) is 24.3. The Morgan fingerprint density at radius 3 is 2.65 bits per heavy atom. The van der Waals surface area contributed by atoms with Gasteiger partial charge in [-0.25, -0.2) is 14.8 Å². The Morgan fingerprint density at radius 2 is 1.91 bits per heavy atom. The zero-order valence-electron chi connectivity index (χ0n) is 17.5. The molecule has 2 N–H and O–H groups in total. The molecule has 0 atom stereocenters. The van der Waals surface area contributed by atoms with Crippen LogP contribution in [-0.2, 0) is 10.9 Å². The Labute approximate surface area is 196 Å². The summed E-state index contributed by atoms with van der Waals surface area (Å²) in [7, 11) is 0. The van der Waals surface area contributed by atoms with Gasteiger partial charge in [-0.15, -0.1) is 0 Å². The number of phenolic OH excluding ortho intramolecular Hbond substituents is 1. The second-order valence-electron chi connectivity index (χ2n) is 7.31. The van der Waals surface area contributed by atoms with Crippen molar-refractivity contribution >= 4 is 29.6 Å². The first-order valence-corrected chi connectivity index (χ1v) is 10.4. The van der Waals surface area contributed by atoms with Crippen molar-refractivity contribution in [3.8, 4) is 16.9 Å². The summed E-state index contributed by atoms with van der Waals surface area (Å²) >= 11 is 6.08. The fourth-order valence-corrected chi connectivity index (χ4v) is 3.56. The van der Waals surface area contributed by atoms with E-state index in [2.05, 4.69) is 20.5 Å². The van der Waals surface area contributed by atoms with Crippen LogP contribution < -0.4 is 10.3 Å². The third kappa shape index (κ3) is 5.37. The summed E-state index contributed by atoms with van der Waals surface area (Å²) < 4.78 is 58.6. The van der Waals surface area contributed by atoms with Gasteiger partial charge in [0.25, 0.3) is 0 Å². The van der Waals surface area contributed by atoms with E-state index in [1.165, 1.54) is 30.5 Å². The number of phenols is 1. The van der Waals surface area contributed by atoms with Crippen LogP contribution in [0.5, 0.6) is 5.75 Å². The largest absolute Gasteiger partial charge is 0.506 e. The van der Waals surface area contributed by atoms with E-state index >= 15 is 0 Å². The Hall–Kier alpha value is -3.44. The highest BCUT2D eigenvalue weighted by molar-refractivity contribution is 6.32. The first-order valence-electron chi connectivity index (χ1n) is 10.1. The van der Waals surface area contributed by atoms with Crippen LogP contribution in [-0.4, -0.2) is 47.6 Å². The third-order valence-electron chi connectivity index (χ3n) is 5.02. The molecule has 1 aliphatic heterocycles. The van der Waals surface area contributed by atoms with E-state index in [-0.39, 0.29) is 33.7 Å². The molecule has 178 valence electrons. The van der Waals surface area contributed by atoms with Gasteiger partial charge in [-0.2, -0.15) is 23.3 Å². The number of alkyl halides is 3. The number of ether oxygens (including phenoxy) is 1. The van der Waals surface area contributed by atoms with E-state index in [0.717, 1.165) is 18.3 Å². The van der Waals surface area contributed by atoms with Crippen LogP contribution in [0.25, 0.3) is 11.1 Å². The number of benzene rings is 2. The summed E-state index contributed by atoms with van der Waals surface area (Å²) in [5, 5.41) is 14.2. The fourth-order valence-electron chi connectivity index (χ4n) is 3.33. The van der Waals surface area contributed by atoms with Gasteiger partial charge in [-0.1, -0.05) is 23.7 Å². The van der Waals surface area contributed by atoms with Gasteiger partial charge in [-0.3, -0.25) is 0 Å². The van der Waals surface area contributed by atoms with Gasteiger partial charge in [0.15, 0.2) is 11.6 Å². The van der Waals surface area contributed by atoms with Crippen molar-refractivity contribution in [2.45, 2.75) is 6.18 Å². The minimum absolute atomic E-state index is 0.0127. The van der Waals surface area contributed by atoms with Crippen molar-refractivity contribution in [3.05, 3.63) is 64.6 Å². The van der Waals surface area contributed by atoms with E-state index in [4.69, 9.17) is 16.3 Å². The number of nitrogens with one attached hydrogen (secondary N) is 1. The minimum atomic E-state index is -4.50. The van der Waals surface area contributed by atoms with Crippen LogP contribution >= 0.6 is 11.6 Å². The first-order chi connectivity index (χ1) is 16.2. The van der Waals surface area contributed by atoms with Crippen molar-refractivity contribution < 1.29 is 27.4 Å². The van der Waals surface area contributed by atoms with E-state index in [1.807, 2.05) is 0 Å². The molecule has 1 aliphatic rings. The molecule has 12 heteroatoms. The number of hydrogen-bond acceptors (Lipinski definition) is 7. The highest BCUT2D eigenvalue weighted by Crippen LogP contribution is 2.36. The Morgan fingerprint density at radius 1 is 1.15 bits per heavy atom. The van der Waals surface area contributed by atoms with Gasteiger partial charge in [0, 0.05) is 18.7 Å². The number of nitrogens with zero attached hydrogens (tertiary/aromatic N) is 4. The zero-order valence-corrected chi connectivity index (χ0v) is 18.2. The molecule has 1 fully saturated rings. The summed E-state index contributed by atoms with van der Waals surface area (Å²) in [5.41, 5.74) is 2.50. The second-order valence-corrected chi connectivity index (χ2v) is 7.72. The highest BCUT2D eigenvalue weighted by Gasteiger charge is 2.30. The molecular weight excluding hydrogens is 478 g/mol. The van der Waals surface area contributed by atoms with Crippen LogP contribution in [0, 0.1) is 5.82 Å². The predicted octanol–water partition coefficient (Wildman–Crippen LogP) is 4.94. The summed E-state index contributed by atoms with van der Waals surface area (Å²) in [5.74, 6) is -0.779. The van der Waals surface area contributed by atoms with Gasteiger partial charge in [0.2, 0.25) is 5.95 Å². The lowest BCUT2D eigenvalue weighted by Crippen LogP contribution is -2.37. The number of rotatable bonds is 5. The topological polar surface area (TPSA) is 82.9 Å². The van der Waals surface area contributed by atoms with E-state index < -0.39 is 17.6 Å². The smallest absolute Gasteiger partial charge is 0.416 e. The molecule has 0 bridgehead atoms. The van der Waals surface area contributed by atoms with Crippen LogP contribution in [0.2, 0.25) is 5.02 Å². The monoisotopic (exact) mass is 495 g/mol. The van der Waals surface area contributed by atoms with Gasteiger partial charge in [0.1, 0.15) is 5.75 Å². The molecule has 1 saturated heterocycles. The van der Waals surface area contributed by atoms with Gasteiger partial charge < -0.3 is 14.7 Å². The average molecular weight is 496 g/mol. The minimum Gasteiger partial charge on any atom is -0.506 e. The maximum absolute atomic E-state index is 14.2. The number of aromatic nitrogens is 2. The van der Waals surface area contributed by atoms with Crippen LogP contribution in [0.1, 0.15) is 11.1 Å². The van der Waals surface area contributed by atoms with Crippen molar-refractivity contribution in [1.29, 1.82) is 0 Å². The predicted molar refractivity (Wildman–Crippen MR) is 120 cm³/mol. The lowest BCUT2D eigenvalue weighted by molar-refractivity contribution is -0.137. The number of halogens is 5. The number of hydrogen-bond donors (Lipinski definition) is 2. The van der Waals surface area contributed by atoms with Gasteiger partial charge in [0.05, 0.1) is 36.2 Å². The van der Waals surface area contributed by atoms with Crippen LogP contribution in [0.4, 0.5) is 29.3 Å². The molecule has 0 spiro atoms. The Bertz CT molecular complexity index is 1220.